The Balaban J connectivity index is 1.98. The second kappa shape index (κ2) is 4.72. The fourth-order valence-corrected chi connectivity index (χ4v) is 2.35. The van der Waals surface area contributed by atoms with Crippen molar-refractivity contribution < 1.29 is 9.13 Å². The van der Waals surface area contributed by atoms with Gasteiger partial charge in [-0.2, -0.15) is 0 Å². The Bertz CT molecular complexity index is 654. The van der Waals surface area contributed by atoms with Gasteiger partial charge in [0.2, 0.25) is 0 Å². The van der Waals surface area contributed by atoms with Crippen LogP contribution in [-0.4, -0.2) is 12.1 Å². The van der Waals surface area contributed by atoms with Crippen LogP contribution in [0.2, 0.25) is 5.02 Å². The van der Waals surface area contributed by atoms with E-state index in [0.29, 0.717) is 11.3 Å². The Morgan fingerprint density at radius 1 is 1.35 bits per heavy atom. The van der Waals surface area contributed by atoms with Gasteiger partial charge in [-0.05, 0) is 36.6 Å². The van der Waals surface area contributed by atoms with Crippen LogP contribution in [0.1, 0.15) is 18.4 Å². The first-order chi connectivity index (χ1) is 9.53. The monoisotopic (exact) mass is 292 g/mol. The van der Waals surface area contributed by atoms with Crippen molar-refractivity contribution in [2.75, 3.05) is 7.11 Å². The lowest BCUT2D eigenvalue weighted by atomic mass is 10.1. The molecule has 0 unspecified atom stereocenters. The SMILES string of the molecule is COc1cc(-c2ccc(C3(N)CC3)cn2)cc(Cl)c1F. The molecule has 1 fully saturated rings. The summed E-state index contributed by atoms with van der Waals surface area (Å²) in [5.41, 5.74) is 8.36. The van der Waals surface area contributed by atoms with Crippen LogP contribution in [0.3, 0.4) is 0 Å². The lowest BCUT2D eigenvalue weighted by molar-refractivity contribution is 0.387. The molecule has 0 atom stereocenters. The molecule has 5 heteroatoms. The van der Waals surface area contributed by atoms with Crippen LogP contribution in [0.25, 0.3) is 11.3 Å². The Morgan fingerprint density at radius 3 is 2.65 bits per heavy atom. The molecule has 2 aromatic rings. The summed E-state index contributed by atoms with van der Waals surface area (Å²) >= 11 is 5.86. The molecule has 1 heterocycles. The van der Waals surface area contributed by atoms with E-state index in [1.165, 1.54) is 13.2 Å². The fraction of sp³-hybridized carbons (Fsp3) is 0.267. The summed E-state index contributed by atoms with van der Waals surface area (Å²) in [7, 11) is 1.40. The average molecular weight is 293 g/mol. The molecule has 3 rings (SSSR count). The van der Waals surface area contributed by atoms with Gasteiger partial charge in [0.1, 0.15) is 0 Å². The Labute approximate surface area is 121 Å². The van der Waals surface area contributed by atoms with Crippen molar-refractivity contribution in [2.45, 2.75) is 18.4 Å². The first kappa shape index (κ1) is 13.3. The number of rotatable bonds is 3. The van der Waals surface area contributed by atoms with Crippen molar-refractivity contribution in [2.24, 2.45) is 5.73 Å². The fourth-order valence-electron chi connectivity index (χ4n) is 2.14. The lowest BCUT2D eigenvalue weighted by Gasteiger charge is -2.10. The smallest absolute Gasteiger partial charge is 0.183 e. The molecule has 0 bridgehead atoms. The van der Waals surface area contributed by atoms with Crippen LogP contribution in [-0.2, 0) is 5.54 Å². The van der Waals surface area contributed by atoms with E-state index in [0.717, 1.165) is 18.4 Å². The molecule has 0 saturated heterocycles. The number of hydrogen-bond acceptors (Lipinski definition) is 3. The molecule has 1 aliphatic carbocycles. The third-order valence-electron chi connectivity index (χ3n) is 3.64. The molecule has 104 valence electrons. The summed E-state index contributed by atoms with van der Waals surface area (Å²) in [6.45, 7) is 0. The molecule has 0 aliphatic heterocycles. The van der Waals surface area contributed by atoms with Crippen molar-refractivity contribution >= 4 is 11.6 Å². The van der Waals surface area contributed by atoms with Gasteiger partial charge in [0.15, 0.2) is 11.6 Å². The quantitative estimate of drug-likeness (QED) is 0.942. The van der Waals surface area contributed by atoms with Crippen molar-refractivity contribution in [3.63, 3.8) is 0 Å². The van der Waals surface area contributed by atoms with Crippen LogP contribution in [0.4, 0.5) is 4.39 Å². The number of halogens is 2. The van der Waals surface area contributed by atoms with Gasteiger partial charge in [-0.25, -0.2) is 4.39 Å². The lowest BCUT2D eigenvalue weighted by Crippen LogP contribution is -2.18. The number of ether oxygens (including phenoxy) is 1. The zero-order chi connectivity index (χ0) is 14.3. The highest BCUT2D eigenvalue weighted by Crippen LogP contribution is 2.42. The van der Waals surface area contributed by atoms with E-state index < -0.39 is 5.82 Å². The predicted molar refractivity (Wildman–Crippen MR) is 76.3 cm³/mol. The molecular formula is C15H14ClFN2O. The highest BCUT2D eigenvalue weighted by molar-refractivity contribution is 6.31. The van der Waals surface area contributed by atoms with Gasteiger partial charge < -0.3 is 10.5 Å². The van der Waals surface area contributed by atoms with Crippen molar-refractivity contribution in [3.05, 3.63) is 46.9 Å². The van der Waals surface area contributed by atoms with E-state index in [4.69, 9.17) is 22.1 Å². The van der Waals surface area contributed by atoms with Crippen molar-refractivity contribution in [3.8, 4) is 17.0 Å². The highest BCUT2D eigenvalue weighted by atomic mass is 35.5. The van der Waals surface area contributed by atoms with E-state index >= 15 is 0 Å². The van der Waals surface area contributed by atoms with Crippen LogP contribution in [0.5, 0.6) is 5.75 Å². The maximum absolute atomic E-state index is 13.6. The Morgan fingerprint density at radius 2 is 2.10 bits per heavy atom. The first-order valence-electron chi connectivity index (χ1n) is 6.32. The molecule has 1 aliphatic rings. The maximum Gasteiger partial charge on any atom is 0.183 e. The summed E-state index contributed by atoms with van der Waals surface area (Å²) in [5, 5.41) is 0.0164. The molecule has 0 amide bonds. The van der Waals surface area contributed by atoms with Crippen LogP contribution in [0.15, 0.2) is 30.5 Å². The number of benzene rings is 1. The topological polar surface area (TPSA) is 48.1 Å². The third-order valence-corrected chi connectivity index (χ3v) is 3.91. The predicted octanol–water partition coefficient (Wildman–Crippen LogP) is 3.50. The number of aromatic nitrogens is 1. The third kappa shape index (κ3) is 2.25. The second-order valence-electron chi connectivity index (χ2n) is 5.06. The van der Waals surface area contributed by atoms with Crippen molar-refractivity contribution in [1.82, 2.24) is 4.98 Å². The van der Waals surface area contributed by atoms with Gasteiger partial charge in [-0.15, -0.1) is 0 Å². The Hall–Kier alpha value is -1.65. The molecule has 0 spiro atoms. The highest BCUT2D eigenvalue weighted by Gasteiger charge is 2.40. The van der Waals surface area contributed by atoms with Gasteiger partial charge >= 0.3 is 0 Å². The van der Waals surface area contributed by atoms with Crippen LogP contribution in [0, 0.1) is 5.82 Å². The summed E-state index contributed by atoms with van der Waals surface area (Å²) < 4.78 is 18.6. The summed E-state index contributed by atoms with van der Waals surface area (Å²) in [6, 6.07) is 6.94. The van der Waals surface area contributed by atoms with Crippen LogP contribution < -0.4 is 10.5 Å². The van der Waals surface area contributed by atoms with Gasteiger partial charge in [0.25, 0.3) is 0 Å². The zero-order valence-corrected chi connectivity index (χ0v) is 11.7. The molecule has 1 aromatic carbocycles. The Kier molecular flexibility index (Phi) is 3.15. The first-order valence-corrected chi connectivity index (χ1v) is 6.70. The van der Waals surface area contributed by atoms with E-state index in [2.05, 4.69) is 4.98 Å². The number of hydrogen-bond donors (Lipinski definition) is 1. The van der Waals surface area contributed by atoms with Crippen molar-refractivity contribution in [1.29, 1.82) is 0 Å². The summed E-state index contributed by atoms with van der Waals surface area (Å²) in [6.07, 6.45) is 3.75. The van der Waals surface area contributed by atoms with E-state index in [9.17, 15) is 4.39 Å². The van der Waals surface area contributed by atoms with E-state index in [1.807, 2.05) is 12.1 Å². The number of pyridine rings is 1. The number of nitrogens with zero attached hydrogens (tertiary/aromatic N) is 1. The molecular weight excluding hydrogens is 279 g/mol. The molecule has 2 N–H and O–H groups in total. The second-order valence-corrected chi connectivity index (χ2v) is 5.47. The minimum absolute atomic E-state index is 0.0164. The van der Waals surface area contributed by atoms with Gasteiger partial charge in [0, 0.05) is 17.3 Å². The number of nitrogens with two attached hydrogens (primary N) is 1. The van der Waals surface area contributed by atoms with E-state index in [-0.39, 0.29) is 16.3 Å². The molecule has 1 saturated carbocycles. The number of methoxy groups -OCH3 is 1. The maximum atomic E-state index is 13.6. The molecule has 3 nitrogen and oxygen atoms in total. The molecule has 1 aromatic heterocycles. The molecule has 0 radical (unpaired) electrons. The zero-order valence-electron chi connectivity index (χ0n) is 11.0. The molecule has 20 heavy (non-hydrogen) atoms. The average Bonchev–Trinajstić information content (AvgIpc) is 3.21. The van der Waals surface area contributed by atoms with Gasteiger partial charge in [-0.1, -0.05) is 17.7 Å². The minimum atomic E-state index is -0.562. The van der Waals surface area contributed by atoms with Gasteiger partial charge in [-0.3, -0.25) is 4.98 Å². The van der Waals surface area contributed by atoms with Crippen LogP contribution >= 0.6 is 11.6 Å². The standard InChI is InChI=1S/C15H14ClFN2O/c1-20-13-7-9(6-11(16)14(13)17)12-3-2-10(8-19-12)15(18)4-5-15/h2-3,6-8H,4-5,18H2,1H3. The summed E-state index contributed by atoms with van der Waals surface area (Å²) in [5.74, 6) is -0.454. The minimum Gasteiger partial charge on any atom is -0.494 e. The van der Waals surface area contributed by atoms with Gasteiger partial charge in [0.05, 0.1) is 17.8 Å². The largest absolute Gasteiger partial charge is 0.494 e. The van der Waals surface area contributed by atoms with E-state index in [1.54, 1.807) is 12.3 Å². The summed E-state index contributed by atoms with van der Waals surface area (Å²) in [4.78, 5) is 4.38. The normalized spacial score (nSPS) is 16.0.